The Morgan fingerprint density at radius 3 is 1.30 bits per heavy atom. The van der Waals surface area contributed by atoms with Crippen LogP contribution in [0.4, 0.5) is 0 Å². The van der Waals surface area contributed by atoms with Gasteiger partial charge in [-0.25, -0.2) is 0 Å². The summed E-state index contributed by atoms with van der Waals surface area (Å²) in [6, 6.07) is 39.6. The zero-order valence-electron chi connectivity index (χ0n) is 21.5. The highest BCUT2D eigenvalue weighted by molar-refractivity contribution is 6.53. The SMILES string of the molecule is C(=N/N=C(\C(=N/N=C/c1ccnc2ccccc12)c1ccccc1)c1ccccc1)\c1ccnc2ccccc12. The standard InChI is InChI=1S/C34H24N6/c1-3-11-25(12-4-1)33(39-37-23-27-19-21-35-31-17-9-7-15-29(27)31)34(26-13-5-2-6-14-26)40-38-24-28-20-22-36-32-18-10-8-16-30(28)32/h1-24H/b37-23+,38-24+,39-33-,40-34-. The van der Waals surface area contributed by atoms with Gasteiger partial charge in [0.15, 0.2) is 0 Å². The fraction of sp³-hybridized carbons (Fsp3) is 0. The fourth-order valence-corrected chi connectivity index (χ4v) is 4.43. The Hall–Kier alpha value is -5.62. The van der Waals surface area contributed by atoms with E-state index in [-0.39, 0.29) is 0 Å². The van der Waals surface area contributed by atoms with Crippen molar-refractivity contribution < 1.29 is 0 Å². The molecule has 0 aliphatic carbocycles. The van der Waals surface area contributed by atoms with Gasteiger partial charge in [0.2, 0.25) is 0 Å². The van der Waals surface area contributed by atoms with Gasteiger partial charge in [-0.05, 0) is 24.3 Å². The number of rotatable bonds is 7. The first-order chi connectivity index (χ1) is 19.9. The van der Waals surface area contributed by atoms with Crippen LogP contribution in [-0.4, -0.2) is 33.8 Å². The first-order valence-electron chi connectivity index (χ1n) is 12.9. The van der Waals surface area contributed by atoms with Crippen molar-refractivity contribution in [2.75, 3.05) is 0 Å². The Morgan fingerprint density at radius 2 is 0.850 bits per heavy atom. The van der Waals surface area contributed by atoms with Crippen molar-refractivity contribution in [3.63, 3.8) is 0 Å². The number of aromatic nitrogens is 2. The quantitative estimate of drug-likeness (QED) is 0.167. The van der Waals surface area contributed by atoms with Gasteiger partial charge in [0, 0.05) is 45.4 Å². The Labute approximate surface area is 231 Å². The van der Waals surface area contributed by atoms with E-state index >= 15 is 0 Å². The van der Waals surface area contributed by atoms with E-state index < -0.39 is 0 Å². The molecular formula is C34H24N6. The molecule has 190 valence electrons. The first-order valence-corrected chi connectivity index (χ1v) is 12.9. The van der Waals surface area contributed by atoms with Crippen LogP contribution in [-0.2, 0) is 0 Å². The Balaban J connectivity index is 1.45. The average Bonchev–Trinajstić information content (AvgIpc) is 3.03. The molecule has 0 amide bonds. The second-order valence-electron chi connectivity index (χ2n) is 8.95. The van der Waals surface area contributed by atoms with Gasteiger partial charge in [-0.3, -0.25) is 9.97 Å². The van der Waals surface area contributed by atoms with E-state index in [0.717, 1.165) is 44.1 Å². The zero-order valence-corrected chi connectivity index (χ0v) is 21.5. The summed E-state index contributed by atoms with van der Waals surface area (Å²) in [7, 11) is 0. The lowest BCUT2D eigenvalue weighted by Gasteiger charge is -2.09. The number of para-hydroxylation sites is 2. The van der Waals surface area contributed by atoms with Gasteiger partial charge >= 0.3 is 0 Å². The summed E-state index contributed by atoms with van der Waals surface area (Å²) in [5, 5.41) is 20.5. The Bertz CT molecular complexity index is 1740. The van der Waals surface area contributed by atoms with Crippen molar-refractivity contribution >= 4 is 45.7 Å². The van der Waals surface area contributed by atoms with Crippen LogP contribution in [0, 0.1) is 0 Å². The number of fused-ring (bicyclic) bond motifs is 2. The van der Waals surface area contributed by atoms with Crippen molar-refractivity contribution in [1.29, 1.82) is 0 Å². The monoisotopic (exact) mass is 516 g/mol. The van der Waals surface area contributed by atoms with Gasteiger partial charge in [-0.2, -0.15) is 10.2 Å². The molecule has 0 aliphatic heterocycles. The summed E-state index contributed by atoms with van der Waals surface area (Å²) in [5.74, 6) is 0. The third-order valence-electron chi connectivity index (χ3n) is 6.39. The van der Waals surface area contributed by atoms with E-state index in [1.54, 1.807) is 24.8 Å². The molecule has 0 atom stereocenters. The van der Waals surface area contributed by atoms with Gasteiger partial charge in [0.1, 0.15) is 11.4 Å². The minimum Gasteiger partial charge on any atom is -0.256 e. The number of hydrogen-bond acceptors (Lipinski definition) is 6. The molecule has 0 bridgehead atoms. The zero-order chi connectivity index (χ0) is 27.0. The molecule has 6 rings (SSSR count). The van der Waals surface area contributed by atoms with Crippen molar-refractivity contribution in [2.45, 2.75) is 0 Å². The highest BCUT2D eigenvalue weighted by Crippen LogP contribution is 2.17. The molecule has 40 heavy (non-hydrogen) atoms. The van der Waals surface area contributed by atoms with Crippen molar-refractivity contribution in [2.24, 2.45) is 20.4 Å². The van der Waals surface area contributed by atoms with Crippen LogP contribution in [0.25, 0.3) is 21.8 Å². The van der Waals surface area contributed by atoms with E-state index in [1.807, 2.05) is 121 Å². The van der Waals surface area contributed by atoms with Crippen LogP contribution in [0.3, 0.4) is 0 Å². The van der Waals surface area contributed by atoms with E-state index in [9.17, 15) is 0 Å². The predicted octanol–water partition coefficient (Wildman–Crippen LogP) is 7.13. The first kappa shape index (κ1) is 24.7. The summed E-state index contributed by atoms with van der Waals surface area (Å²) < 4.78 is 0. The predicted molar refractivity (Wildman–Crippen MR) is 165 cm³/mol. The third-order valence-corrected chi connectivity index (χ3v) is 6.39. The molecule has 0 radical (unpaired) electrons. The summed E-state index contributed by atoms with van der Waals surface area (Å²) in [4.78, 5) is 8.88. The maximum atomic E-state index is 4.70. The lowest BCUT2D eigenvalue weighted by molar-refractivity contribution is 1.23. The minimum atomic E-state index is 0.609. The molecule has 6 heteroatoms. The van der Waals surface area contributed by atoms with Gasteiger partial charge in [-0.15, -0.1) is 10.2 Å². The van der Waals surface area contributed by atoms with Crippen LogP contribution < -0.4 is 0 Å². The van der Waals surface area contributed by atoms with Gasteiger partial charge in [0.25, 0.3) is 0 Å². The molecule has 0 fully saturated rings. The van der Waals surface area contributed by atoms with Gasteiger partial charge < -0.3 is 0 Å². The summed E-state index contributed by atoms with van der Waals surface area (Å²) in [5.41, 5.74) is 6.66. The van der Waals surface area contributed by atoms with Gasteiger partial charge in [0.05, 0.1) is 23.5 Å². The summed E-state index contributed by atoms with van der Waals surface area (Å²) >= 11 is 0. The molecule has 6 aromatic rings. The maximum Gasteiger partial charge on any atom is 0.121 e. The van der Waals surface area contributed by atoms with Crippen LogP contribution in [0.2, 0.25) is 0 Å². The number of pyridine rings is 2. The van der Waals surface area contributed by atoms with Crippen LogP contribution in [0.15, 0.2) is 154 Å². The summed E-state index contributed by atoms with van der Waals surface area (Å²) in [6.07, 6.45) is 7.06. The molecular weight excluding hydrogens is 492 g/mol. The Morgan fingerprint density at radius 1 is 0.450 bits per heavy atom. The molecule has 4 aromatic carbocycles. The highest BCUT2D eigenvalue weighted by Gasteiger charge is 2.15. The van der Waals surface area contributed by atoms with Crippen LogP contribution >= 0.6 is 0 Å². The van der Waals surface area contributed by atoms with E-state index in [0.29, 0.717) is 11.4 Å². The lowest BCUT2D eigenvalue weighted by Crippen LogP contribution is -2.17. The highest BCUT2D eigenvalue weighted by atomic mass is 15.2. The molecule has 0 saturated heterocycles. The molecule has 0 unspecified atom stereocenters. The number of benzene rings is 4. The Kier molecular flexibility index (Phi) is 7.31. The number of nitrogens with zero attached hydrogens (tertiary/aromatic N) is 6. The third kappa shape index (κ3) is 5.47. The van der Waals surface area contributed by atoms with Gasteiger partial charge in [-0.1, -0.05) is 97.1 Å². The van der Waals surface area contributed by atoms with Crippen LogP contribution in [0.5, 0.6) is 0 Å². The lowest BCUT2D eigenvalue weighted by atomic mass is 10.00. The summed E-state index contributed by atoms with van der Waals surface area (Å²) in [6.45, 7) is 0. The largest absolute Gasteiger partial charge is 0.256 e. The van der Waals surface area contributed by atoms with Crippen molar-refractivity contribution in [3.05, 3.63) is 156 Å². The maximum absolute atomic E-state index is 4.70. The molecule has 0 aliphatic rings. The normalized spacial score (nSPS) is 12.6. The smallest absolute Gasteiger partial charge is 0.121 e. The topological polar surface area (TPSA) is 75.2 Å². The van der Waals surface area contributed by atoms with E-state index in [2.05, 4.69) is 20.2 Å². The molecule has 0 N–H and O–H groups in total. The molecule has 2 aromatic heterocycles. The van der Waals surface area contributed by atoms with E-state index in [4.69, 9.17) is 10.2 Å². The fourth-order valence-electron chi connectivity index (χ4n) is 4.43. The number of hydrogen-bond donors (Lipinski definition) is 0. The van der Waals surface area contributed by atoms with E-state index in [1.165, 1.54) is 0 Å². The average molecular weight is 517 g/mol. The second-order valence-corrected chi connectivity index (χ2v) is 8.95. The molecule has 0 spiro atoms. The minimum absolute atomic E-state index is 0.609. The molecule has 6 nitrogen and oxygen atoms in total. The van der Waals surface area contributed by atoms with Crippen molar-refractivity contribution in [3.8, 4) is 0 Å². The van der Waals surface area contributed by atoms with Crippen LogP contribution in [0.1, 0.15) is 22.3 Å². The van der Waals surface area contributed by atoms with Crippen molar-refractivity contribution in [1.82, 2.24) is 9.97 Å². The molecule has 0 saturated carbocycles. The second kappa shape index (κ2) is 11.8. The molecule has 2 heterocycles.